The Kier molecular flexibility index (Phi) is 3.62. The number of furan rings is 1. The Balaban J connectivity index is 2.16. The zero-order valence-corrected chi connectivity index (χ0v) is 11.7. The highest BCUT2D eigenvalue weighted by Gasteiger charge is 2.17. The van der Waals surface area contributed by atoms with Gasteiger partial charge in [0.25, 0.3) is 5.82 Å². The van der Waals surface area contributed by atoms with Crippen LogP contribution in [0.4, 0.5) is 5.82 Å². The highest BCUT2D eigenvalue weighted by molar-refractivity contribution is 6.04. The molecule has 0 aliphatic rings. The van der Waals surface area contributed by atoms with Crippen molar-refractivity contribution in [1.82, 2.24) is 9.97 Å². The van der Waals surface area contributed by atoms with Gasteiger partial charge >= 0.3 is 0 Å². The summed E-state index contributed by atoms with van der Waals surface area (Å²) in [6.45, 7) is 3.54. The lowest BCUT2D eigenvalue weighted by Crippen LogP contribution is -2.79. The van der Waals surface area contributed by atoms with Crippen LogP contribution in [-0.2, 0) is 11.2 Å². The molecule has 0 unspecified atom stereocenters. The number of quaternary nitrogens is 1. The third kappa shape index (κ3) is 2.26. The predicted molar refractivity (Wildman–Crippen MR) is 77.0 cm³/mol. The van der Waals surface area contributed by atoms with Crippen LogP contribution >= 0.6 is 0 Å². The first-order valence-corrected chi connectivity index (χ1v) is 6.83. The maximum atomic E-state index is 5.92. The van der Waals surface area contributed by atoms with Gasteiger partial charge in [0.1, 0.15) is 23.5 Å². The van der Waals surface area contributed by atoms with E-state index in [0.717, 1.165) is 46.7 Å². The Labute approximate surface area is 117 Å². The van der Waals surface area contributed by atoms with E-state index in [9.17, 15) is 0 Å². The Hall–Kier alpha value is -1.98. The lowest BCUT2D eigenvalue weighted by Gasteiger charge is -2.02. The van der Waals surface area contributed by atoms with Gasteiger partial charge in [0, 0.05) is 18.9 Å². The summed E-state index contributed by atoms with van der Waals surface area (Å²) in [6, 6.07) is 7.96. The number of ether oxygens (including phenoxy) is 1. The molecule has 5 nitrogen and oxygen atoms in total. The van der Waals surface area contributed by atoms with E-state index in [4.69, 9.17) is 9.15 Å². The molecule has 3 rings (SSSR count). The van der Waals surface area contributed by atoms with Gasteiger partial charge < -0.3 is 9.15 Å². The Morgan fingerprint density at radius 2 is 2.10 bits per heavy atom. The van der Waals surface area contributed by atoms with Gasteiger partial charge in [-0.15, -0.1) is 0 Å². The van der Waals surface area contributed by atoms with E-state index >= 15 is 0 Å². The van der Waals surface area contributed by atoms with Gasteiger partial charge in [-0.1, -0.05) is 19.1 Å². The number of aryl methyl sites for hydroxylation is 1. The summed E-state index contributed by atoms with van der Waals surface area (Å²) in [5.41, 5.74) is 2.52. The minimum Gasteiger partial charge on any atom is -0.446 e. The van der Waals surface area contributed by atoms with Gasteiger partial charge in [-0.3, -0.25) is 5.32 Å². The number of para-hydroxylation sites is 1. The average Bonchev–Trinajstić information content (AvgIpc) is 2.86. The first-order valence-electron chi connectivity index (χ1n) is 6.83. The largest absolute Gasteiger partial charge is 0.446 e. The Morgan fingerprint density at radius 1 is 1.25 bits per heavy atom. The van der Waals surface area contributed by atoms with Crippen LogP contribution in [0.1, 0.15) is 12.7 Å². The van der Waals surface area contributed by atoms with Crippen LogP contribution in [0.15, 0.2) is 28.7 Å². The van der Waals surface area contributed by atoms with Crippen LogP contribution in [0.2, 0.25) is 0 Å². The van der Waals surface area contributed by atoms with Crippen LogP contribution in [0.5, 0.6) is 0 Å². The van der Waals surface area contributed by atoms with Crippen LogP contribution in [-0.4, -0.2) is 30.2 Å². The first kappa shape index (κ1) is 13.0. The Morgan fingerprint density at radius 3 is 2.90 bits per heavy atom. The molecule has 0 bridgehead atoms. The number of rotatable bonds is 5. The first-order chi connectivity index (χ1) is 9.83. The van der Waals surface area contributed by atoms with Crippen LogP contribution in [0.25, 0.3) is 22.1 Å². The van der Waals surface area contributed by atoms with Crippen molar-refractivity contribution < 1.29 is 14.5 Å². The van der Waals surface area contributed by atoms with Gasteiger partial charge in [0.05, 0.1) is 6.61 Å². The highest BCUT2D eigenvalue weighted by Crippen LogP contribution is 2.29. The average molecular weight is 272 g/mol. The molecule has 0 saturated carbocycles. The lowest BCUT2D eigenvalue weighted by atomic mass is 10.2. The smallest absolute Gasteiger partial charge is 0.272 e. The van der Waals surface area contributed by atoms with Crippen molar-refractivity contribution in [1.29, 1.82) is 0 Å². The fourth-order valence-corrected chi connectivity index (χ4v) is 2.27. The van der Waals surface area contributed by atoms with Crippen LogP contribution < -0.4 is 5.32 Å². The summed E-state index contributed by atoms with van der Waals surface area (Å²) in [5, 5.41) is 3.09. The molecule has 0 aliphatic heterocycles. The summed E-state index contributed by atoms with van der Waals surface area (Å²) < 4.78 is 11.0. The van der Waals surface area contributed by atoms with Gasteiger partial charge in [0.15, 0.2) is 0 Å². The molecular formula is C15H18N3O2+. The monoisotopic (exact) mass is 272 g/mol. The number of benzene rings is 1. The van der Waals surface area contributed by atoms with Crippen LogP contribution in [0.3, 0.4) is 0 Å². The molecule has 104 valence electrons. The highest BCUT2D eigenvalue weighted by atomic mass is 16.5. The molecule has 1 aromatic carbocycles. The van der Waals surface area contributed by atoms with Crippen molar-refractivity contribution >= 4 is 27.9 Å². The summed E-state index contributed by atoms with van der Waals surface area (Å²) in [7, 11) is 1.70. The van der Waals surface area contributed by atoms with Gasteiger partial charge in [-0.05, 0) is 12.1 Å². The second kappa shape index (κ2) is 5.56. The molecule has 0 atom stereocenters. The molecule has 2 N–H and O–H groups in total. The zero-order valence-electron chi connectivity index (χ0n) is 11.7. The minimum atomic E-state index is 0.674. The second-order valence-corrected chi connectivity index (χ2v) is 4.64. The molecule has 2 aromatic heterocycles. The number of fused-ring (bicyclic) bond motifs is 3. The number of aromatic nitrogens is 2. The van der Waals surface area contributed by atoms with Crippen molar-refractivity contribution in [2.45, 2.75) is 13.3 Å². The SMILES string of the molecule is CCc1nc([NH2+]CCOC)c2oc3ccccc3c2n1. The number of hydrogen-bond acceptors (Lipinski definition) is 4. The number of methoxy groups -OCH3 is 1. The topological polar surface area (TPSA) is 64.8 Å². The molecule has 0 aliphatic carbocycles. The minimum absolute atomic E-state index is 0.674. The van der Waals surface area contributed by atoms with Crippen molar-refractivity contribution in [2.75, 3.05) is 20.3 Å². The molecule has 0 saturated heterocycles. The maximum Gasteiger partial charge on any atom is 0.272 e. The van der Waals surface area contributed by atoms with Crippen LogP contribution in [0, 0.1) is 0 Å². The van der Waals surface area contributed by atoms with Crippen molar-refractivity contribution in [2.24, 2.45) is 0 Å². The normalized spacial score (nSPS) is 11.5. The molecule has 2 heterocycles. The second-order valence-electron chi connectivity index (χ2n) is 4.64. The zero-order chi connectivity index (χ0) is 13.9. The quantitative estimate of drug-likeness (QED) is 0.719. The fourth-order valence-electron chi connectivity index (χ4n) is 2.27. The number of nitrogens with two attached hydrogens (primary N) is 1. The molecule has 20 heavy (non-hydrogen) atoms. The predicted octanol–water partition coefficient (Wildman–Crippen LogP) is 1.78. The molecular weight excluding hydrogens is 254 g/mol. The third-order valence-electron chi connectivity index (χ3n) is 3.27. The molecule has 3 aromatic rings. The van der Waals surface area contributed by atoms with Crippen molar-refractivity contribution in [3.8, 4) is 0 Å². The third-order valence-corrected chi connectivity index (χ3v) is 3.27. The Bertz CT molecular complexity index is 736. The van der Waals surface area contributed by atoms with E-state index in [1.165, 1.54) is 0 Å². The lowest BCUT2D eigenvalue weighted by molar-refractivity contribution is -0.576. The number of nitrogens with zero attached hydrogens (tertiary/aromatic N) is 2. The van der Waals surface area contributed by atoms with Gasteiger partial charge in [0.2, 0.25) is 5.58 Å². The van der Waals surface area contributed by atoms with E-state index in [1.807, 2.05) is 24.3 Å². The van der Waals surface area contributed by atoms with E-state index in [2.05, 4.69) is 22.2 Å². The van der Waals surface area contributed by atoms with E-state index in [-0.39, 0.29) is 0 Å². The molecule has 0 spiro atoms. The summed E-state index contributed by atoms with van der Waals surface area (Å²) >= 11 is 0. The van der Waals surface area contributed by atoms with Gasteiger partial charge in [-0.25, -0.2) is 4.98 Å². The number of hydrogen-bond donors (Lipinski definition) is 1. The molecule has 0 fully saturated rings. The molecule has 0 radical (unpaired) electrons. The standard InChI is InChI=1S/C15H17N3O2/c1-3-12-17-13-10-6-4-5-7-11(10)20-14(13)15(18-12)16-8-9-19-2/h4-7H,3,8-9H2,1-2H3,(H,16,17,18)/p+1. The fraction of sp³-hybridized carbons (Fsp3) is 0.333. The van der Waals surface area contributed by atoms with Gasteiger partial charge in [-0.2, -0.15) is 4.98 Å². The summed E-state index contributed by atoms with van der Waals surface area (Å²) in [6.07, 6.45) is 0.806. The van der Waals surface area contributed by atoms with E-state index in [0.29, 0.717) is 6.61 Å². The van der Waals surface area contributed by atoms with Crippen molar-refractivity contribution in [3.63, 3.8) is 0 Å². The van der Waals surface area contributed by atoms with E-state index in [1.54, 1.807) is 7.11 Å². The molecule has 5 heteroatoms. The van der Waals surface area contributed by atoms with E-state index < -0.39 is 0 Å². The maximum absolute atomic E-state index is 5.92. The summed E-state index contributed by atoms with van der Waals surface area (Å²) in [5.74, 6) is 1.70. The summed E-state index contributed by atoms with van der Waals surface area (Å²) in [4.78, 5) is 9.19. The molecule has 0 amide bonds. The van der Waals surface area contributed by atoms with Crippen molar-refractivity contribution in [3.05, 3.63) is 30.1 Å².